The van der Waals surface area contributed by atoms with Gasteiger partial charge in [0, 0.05) is 11.6 Å². The zero-order valence-electron chi connectivity index (χ0n) is 14.9. The summed E-state index contributed by atoms with van der Waals surface area (Å²) in [4.78, 5) is 37.7. The molecule has 1 aliphatic heterocycles. The molecule has 2 amide bonds. The maximum atomic E-state index is 12.6. The Kier molecular flexibility index (Phi) is 6.17. The lowest BCUT2D eigenvalue weighted by Crippen LogP contribution is -2.42. The molecule has 9 heteroatoms. The first kappa shape index (κ1) is 20.5. The Labute approximate surface area is 175 Å². The minimum atomic E-state index is -0.998. The minimum Gasteiger partial charge on any atom is -0.464 e. The van der Waals surface area contributed by atoms with Crippen molar-refractivity contribution in [1.29, 1.82) is 0 Å². The third kappa shape index (κ3) is 4.11. The summed E-state index contributed by atoms with van der Waals surface area (Å²) in [5.41, 5.74) is 0.720. The molecule has 0 N–H and O–H groups in total. The quantitative estimate of drug-likeness (QED) is 0.468. The van der Waals surface area contributed by atoms with Gasteiger partial charge in [-0.05, 0) is 55.9 Å². The molecule has 1 aromatic carbocycles. The summed E-state index contributed by atoms with van der Waals surface area (Å²) in [5, 5.41) is 0.292. The number of esters is 1. The standard InChI is InChI=1S/C19H15Cl2NO5S/c1-3-26-18(24)10(2)22-17(23)16(28-19(22)25)9-12-5-7-15(27-12)11-4-6-13(20)14(21)8-11/h4-10H,3H2,1-2H3/b16-9-/t10-/m0/s1. The van der Waals surface area contributed by atoms with Gasteiger partial charge < -0.3 is 9.15 Å². The van der Waals surface area contributed by atoms with Crippen molar-refractivity contribution in [2.75, 3.05) is 6.61 Å². The van der Waals surface area contributed by atoms with E-state index in [0.717, 1.165) is 22.2 Å². The van der Waals surface area contributed by atoms with Crippen LogP contribution in [-0.2, 0) is 14.3 Å². The van der Waals surface area contributed by atoms with Crippen molar-refractivity contribution in [2.45, 2.75) is 19.9 Å². The Morgan fingerprint density at radius 1 is 1.25 bits per heavy atom. The van der Waals surface area contributed by atoms with E-state index in [0.29, 0.717) is 21.6 Å². The number of thioether (sulfide) groups is 1. The molecule has 0 bridgehead atoms. The van der Waals surface area contributed by atoms with E-state index in [1.54, 1.807) is 37.3 Å². The molecule has 1 fully saturated rings. The lowest BCUT2D eigenvalue weighted by atomic mass is 10.2. The van der Waals surface area contributed by atoms with E-state index in [1.165, 1.54) is 13.0 Å². The number of hydrogen-bond acceptors (Lipinski definition) is 6. The Balaban J connectivity index is 1.82. The summed E-state index contributed by atoms with van der Waals surface area (Å²) < 4.78 is 10.6. The van der Waals surface area contributed by atoms with Crippen LogP contribution in [0, 0.1) is 0 Å². The van der Waals surface area contributed by atoms with Crippen LogP contribution < -0.4 is 0 Å². The Hall–Kier alpha value is -2.22. The number of amides is 2. The largest absolute Gasteiger partial charge is 0.464 e. The average Bonchev–Trinajstić information content (AvgIpc) is 3.22. The van der Waals surface area contributed by atoms with Crippen LogP contribution in [0.5, 0.6) is 0 Å². The molecule has 6 nitrogen and oxygen atoms in total. The van der Waals surface area contributed by atoms with Gasteiger partial charge in [0.25, 0.3) is 11.1 Å². The normalized spacial score (nSPS) is 16.7. The van der Waals surface area contributed by atoms with Gasteiger partial charge in [-0.1, -0.05) is 23.2 Å². The van der Waals surface area contributed by atoms with E-state index in [-0.39, 0.29) is 11.5 Å². The molecular formula is C19H15Cl2NO5S. The number of imide groups is 1. The number of rotatable bonds is 5. The van der Waals surface area contributed by atoms with Crippen molar-refractivity contribution in [1.82, 2.24) is 4.90 Å². The Bertz CT molecular complexity index is 984. The highest BCUT2D eigenvalue weighted by atomic mass is 35.5. The molecule has 0 saturated carbocycles. The number of ether oxygens (including phenoxy) is 1. The molecule has 1 saturated heterocycles. The summed E-state index contributed by atoms with van der Waals surface area (Å²) in [6, 6.07) is 7.47. The van der Waals surface area contributed by atoms with E-state index in [9.17, 15) is 14.4 Å². The second kappa shape index (κ2) is 8.43. The van der Waals surface area contributed by atoms with Crippen molar-refractivity contribution in [3.8, 4) is 11.3 Å². The van der Waals surface area contributed by atoms with Gasteiger partial charge in [0.2, 0.25) is 0 Å². The van der Waals surface area contributed by atoms with Crippen LogP contribution in [0.25, 0.3) is 17.4 Å². The Morgan fingerprint density at radius 2 is 2.00 bits per heavy atom. The van der Waals surface area contributed by atoms with Crippen LogP contribution in [0.3, 0.4) is 0 Å². The predicted octanol–water partition coefficient (Wildman–Crippen LogP) is 5.24. The van der Waals surface area contributed by atoms with Crippen molar-refractivity contribution in [3.63, 3.8) is 0 Å². The van der Waals surface area contributed by atoms with Crippen LogP contribution in [0.4, 0.5) is 4.79 Å². The second-order valence-electron chi connectivity index (χ2n) is 5.81. The molecule has 2 aromatic rings. The third-order valence-electron chi connectivity index (χ3n) is 3.94. The van der Waals surface area contributed by atoms with Crippen molar-refractivity contribution < 1.29 is 23.5 Å². The molecule has 0 spiro atoms. The smallest absolute Gasteiger partial charge is 0.329 e. The first-order valence-electron chi connectivity index (χ1n) is 8.30. The molecule has 3 rings (SSSR count). The highest BCUT2D eigenvalue weighted by Crippen LogP contribution is 2.35. The summed E-state index contributed by atoms with van der Waals surface area (Å²) in [6.07, 6.45) is 1.46. The lowest BCUT2D eigenvalue weighted by Gasteiger charge is -2.19. The van der Waals surface area contributed by atoms with Crippen LogP contribution in [0.15, 0.2) is 39.7 Å². The molecule has 1 atom stereocenters. The van der Waals surface area contributed by atoms with E-state index < -0.39 is 23.2 Å². The summed E-state index contributed by atoms with van der Waals surface area (Å²) >= 11 is 12.7. The van der Waals surface area contributed by atoms with Crippen LogP contribution in [-0.4, -0.2) is 34.7 Å². The highest BCUT2D eigenvalue weighted by Gasteiger charge is 2.41. The van der Waals surface area contributed by atoms with E-state index in [1.807, 2.05) is 0 Å². The zero-order chi connectivity index (χ0) is 20.4. The molecule has 1 aromatic heterocycles. The molecular weight excluding hydrogens is 425 g/mol. The van der Waals surface area contributed by atoms with E-state index >= 15 is 0 Å². The zero-order valence-corrected chi connectivity index (χ0v) is 17.2. The number of benzene rings is 1. The first-order valence-corrected chi connectivity index (χ1v) is 9.88. The molecule has 146 valence electrons. The van der Waals surface area contributed by atoms with Gasteiger partial charge in [0.1, 0.15) is 17.6 Å². The molecule has 0 unspecified atom stereocenters. The fourth-order valence-electron chi connectivity index (χ4n) is 2.55. The first-order chi connectivity index (χ1) is 13.3. The number of hydrogen-bond donors (Lipinski definition) is 0. The number of carbonyl (C=O) groups is 3. The van der Waals surface area contributed by atoms with Crippen LogP contribution in [0.1, 0.15) is 19.6 Å². The summed E-state index contributed by atoms with van der Waals surface area (Å²) in [5.74, 6) is -0.284. The van der Waals surface area contributed by atoms with Gasteiger partial charge in [0.05, 0.1) is 21.6 Å². The van der Waals surface area contributed by atoms with Gasteiger partial charge >= 0.3 is 5.97 Å². The fourth-order valence-corrected chi connectivity index (χ4v) is 3.73. The maximum absolute atomic E-state index is 12.6. The predicted molar refractivity (Wildman–Crippen MR) is 108 cm³/mol. The number of halogens is 2. The molecule has 2 heterocycles. The van der Waals surface area contributed by atoms with Crippen LogP contribution >= 0.6 is 35.0 Å². The third-order valence-corrected chi connectivity index (χ3v) is 5.57. The highest BCUT2D eigenvalue weighted by molar-refractivity contribution is 8.18. The van der Waals surface area contributed by atoms with Crippen molar-refractivity contribution >= 4 is 58.2 Å². The molecule has 1 aliphatic rings. The van der Waals surface area contributed by atoms with Crippen LogP contribution in [0.2, 0.25) is 10.0 Å². The fraction of sp³-hybridized carbons (Fsp3) is 0.211. The number of carbonyl (C=O) groups excluding carboxylic acids is 3. The SMILES string of the molecule is CCOC(=O)[C@H](C)N1C(=O)S/C(=C\c2ccc(-c3ccc(Cl)c(Cl)c3)o2)C1=O. The summed E-state index contributed by atoms with van der Waals surface area (Å²) in [7, 11) is 0. The van der Waals surface area contributed by atoms with Gasteiger partial charge in [-0.25, -0.2) is 4.79 Å². The average molecular weight is 440 g/mol. The second-order valence-corrected chi connectivity index (χ2v) is 7.62. The molecule has 0 aliphatic carbocycles. The minimum absolute atomic E-state index is 0.163. The summed E-state index contributed by atoms with van der Waals surface area (Å²) in [6.45, 7) is 3.27. The van der Waals surface area contributed by atoms with E-state index in [2.05, 4.69) is 0 Å². The van der Waals surface area contributed by atoms with Crippen molar-refractivity contribution in [3.05, 3.63) is 51.0 Å². The van der Waals surface area contributed by atoms with Gasteiger partial charge in [-0.2, -0.15) is 0 Å². The maximum Gasteiger partial charge on any atom is 0.329 e. The Morgan fingerprint density at radius 3 is 2.68 bits per heavy atom. The van der Waals surface area contributed by atoms with Gasteiger partial charge in [-0.15, -0.1) is 0 Å². The topological polar surface area (TPSA) is 76.8 Å². The number of furan rings is 1. The van der Waals surface area contributed by atoms with Crippen molar-refractivity contribution in [2.24, 2.45) is 0 Å². The van der Waals surface area contributed by atoms with E-state index in [4.69, 9.17) is 32.4 Å². The van der Waals surface area contributed by atoms with Gasteiger partial charge in [-0.3, -0.25) is 14.5 Å². The van der Waals surface area contributed by atoms with Gasteiger partial charge in [0.15, 0.2) is 0 Å². The monoisotopic (exact) mass is 439 g/mol. The molecule has 0 radical (unpaired) electrons. The lowest BCUT2D eigenvalue weighted by molar-refractivity contribution is -0.150. The number of nitrogens with zero attached hydrogens (tertiary/aromatic N) is 1. The molecule has 28 heavy (non-hydrogen) atoms.